The lowest BCUT2D eigenvalue weighted by molar-refractivity contribution is 0.589. The molecule has 19 heavy (non-hydrogen) atoms. The molecule has 4 nitrogen and oxygen atoms in total. The monoisotopic (exact) mass is 291 g/mol. The van der Waals surface area contributed by atoms with Crippen LogP contribution in [0.15, 0.2) is 53.7 Å². The molecule has 0 aliphatic rings. The SMILES string of the molecule is O=S(=O)(c1ccccc1)n1c[c]c2c(Cl)ccnc21. The Morgan fingerprint density at radius 2 is 1.89 bits per heavy atom. The lowest BCUT2D eigenvalue weighted by Crippen LogP contribution is -2.12. The normalized spacial score (nSPS) is 11.8. The second-order valence-corrected chi connectivity index (χ2v) is 6.10. The van der Waals surface area contributed by atoms with Gasteiger partial charge in [0.2, 0.25) is 0 Å². The molecule has 1 radical (unpaired) electrons. The Morgan fingerprint density at radius 1 is 1.16 bits per heavy atom. The van der Waals surface area contributed by atoms with Gasteiger partial charge in [-0.15, -0.1) is 0 Å². The number of hydrogen-bond donors (Lipinski definition) is 0. The molecule has 0 N–H and O–H groups in total. The van der Waals surface area contributed by atoms with Crippen molar-refractivity contribution in [3.05, 3.63) is 59.9 Å². The quantitative estimate of drug-likeness (QED) is 0.729. The van der Waals surface area contributed by atoms with E-state index in [2.05, 4.69) is 11.1 Å². The van der Waals surface area contributed by atoms with Crippen molar-refractivity contribution in [2.24, 2.45) is 0 Å². The summed E-state index contributed by atoms with van der Waals surface area (Å²) < 4.78 is 26.0. The van der Waals surface area contributed by atoms with Crippen LogP contribution in [-0.4, -0.2) is 17.4 Å². The van der Waals surface area contributed by atoms with Gasteiger partial charge in [-0.2, -0.15) is 0 Å². The number of halogens is 1. The van der Waals surface area contributed by atoms with Gasteiger partial charge < -0.3 is 0 Å². The molecular weight excluding hydrogens is 284 g/mol. The van der Waals surface area contributed by atoms with Gasteiger partial charge in [0.15, 0.2) is 5.65 Å². The maximum atomic E-state index is 12.5. The Balaban J connectivity index is 2.29. The Labute approximate surface area is 115 Å². The largest absolute Gasteiger partial charge is 0.269 e. The Morgan fingerprint density at radius 3 is 2.63 bits per heavy atom. The first-order valence-corrected chi connectivity index (χ1v) is 7.26. The number of aromatic nitrogens is 2. The van der Waals surface area contributed by atoms with Crippen LogP contribution < -0.4 is 0 Å². The molecule has 0 atom stereocenters. The van der Waals surface area contributed by atoms with Crippen LogP contribution in [0.5, 0.6) is 0 Å². The molecule has 3 rings (SSSR count). The molecule has 0 unspecified atom stereocenters. The molecule has 0 bridgehead atoms. The minimum Gasteiger partial charge on any atom is -0.237 e. The Bertz CT molecular complexity index is 841. The van der Waals surface area contributed by atoms with E-state index in [9.17, 15) is 8.42 Å². The molecule has 0 saturated carbocycles. The van der Waals surface area contributed by atoms with Gasteiger partial charge in [0.05, 0.1) is 9.92 Å². The highest BCUT2D eigenvalue weighted by molar-refractivity contribution is 7.90. The predicted molar refractivity (Wildman–Crippen MR) is 72.6 cm³/mol. The maximum Gasteiger partial charge on any atom is 0.269 e. The van der Waals surface area contributed by atoms with E-state index >= 15 is 0 Å². The van der Waals surface area contributed by atoms with E-state index in [4.69, 9.17) is 11.6 Å². The van der Waals surface area contributed by atoms with Gasteiger partial charge in [0.1, 0.15) is 0 Å². The lowest BCUT2D eigenvalue weighted by Gasteiger charge is -2.06. The molecule has 0 aliphatic carbocycles. The fourth-order valence-electron chi connectivity index (χ4n) is 1.80. The Kier molecular flexibility index (Phi) is 2.80. The van der Waals surface area contributed by atoms with Gasteiger partial charge in [-0.25, -0.2) is 17.4 Å². The average Bonchev–Trinajstić information content (AvgIpc) is 2.86. The van der Waals surface area contributed by atoms with E-state index in [1.165, 1.54) is 24.5 Å². The number of pyridine rings is 1. The van der Waals surface area contributed by atoms with Gasteiger partial charge in [0, 0.05) is 23.8 Å². The highest BCUT2D eigenvalue weighted by Gasteiger charge is 2.19. The van der Waals surface area contributed by atoms with E-state index in [1.54, 1.807) is 24.3 Å². The van der Waals surface area contributed by atoms with E-state index in [-0.39, 0.29) is 10.5 Å². The molecule has 0 saturated heterocycles. The van der Waals surface area contributed by atoms with E-state index < -0.39 is 10.0 Å². The molecule has 0 amide bonds. The second kappa shape index (κ2) is 4.36. The summed E-state index contributed by atoms with van der Waals surface area (Å²) in [6.07, 6.45) is 2.81. The third kappa shape index (κ3) is 1.91. The van der Waals surface area contributed by atoms with Crippen molar-refractivity contribution in [2.45, 2.75) is 4.90 Å². The first kappa shape index (κ1) is 12.2. The molecular formula is C13H8ClN2O2S. The van der Waals surface area contributed by atoms with Crippen LogP contribution in [0.25, 0.3) is 11.0 Å². The van der Waals surface area contributed by atoms with Crippen LogP contribution in [0.1, 0.15) is 0 Å². The van der Waals surface area contributed by atoms with Crippen molar-refractivity contribution in [3.63, 3.8) is 0 Å². The summed E-state index contributed by atoms with van der Waals surface area (Å²) in [4.78, 5) is 4.26. The first-order valence-electron chi connectivity index (χ1n) is 5.44. The summed E-state index contributed by atoms with van der Waals surface area (Å²) in [6, 6.07) is 12.6. The van der Waals surface area contributed by atoms with Gasteiger partial charge in [-0.05, 0) is 18.2 Å². The van der Waals surface area contributed by atoms with Gasteiger partial charge in [0.25, 0.3) is 10.0 Å². The van der Waals surface area contributed by atoms with E-state index in [1.807, 2.05) is 0 Å². The van der Waals surface area contributed by atoms with Gasteiger partial charge in [-0.3, -0.25) is 0 Å². The Hall–Kier alpha value is -1.85. The van der Waals surface area contributed by atoms with Crippen molar-refractivity contribution in [1.82, 2.24) is 8.96 Å². The molecule has 0 aliphatic heterocycles. The maximum absolute atomic E-state index is 12.5. The van der Waals surface area contributed by atoms with Crippen molar-refractivity contribution in [3.8, 4) is 0 Å². The third-order valence-electron chi connectivity index (χ3n) is 2.72. The highest BCUT2D eigenvalue weighted by atomic mass is 35.5. The number of benzene rings is 1. The summed E-state index contributed by atoms with van der Waals surface area (Å²) in [5, 5.41) is 0.913. The standard InChI is InChI=1S/C13H8ClN2O2S/c14-12-6-8-15-13-11(12)7-9-16(13)19(17,18)10-4-2-1-3-5-10/h1-6,8-9H. The van der Waals surface area contributed by atoms with Crippen LogP contribution in [-0.2, 0) is 10.0 Å². The number of nitrogens with zero attached hydrogens (tertiary/aromatic N) is 2. The zero-order valence-corrected chi connectivity index (χ0v) is 11.2. The average molecular weight is 292 g/mol. The third-order valence-corrected chi connectivity index (χ3v) is 4.69. The topological polar surface area (TPSA) is 52.0 Å². The molecule has 95 valence electrons. The number of fused-ring (bicyclic) bond motifs is 1. The molecule has 2 heterocycles. The van der Waals surface area contributed by atoms with E-state index in [0.717, 1.165) is 3.97 Å². The molecule has 2 aromatic heterocycles. The minimum atomic E-state index is -3.67. The van der Waals surface area contributed by atoms with Crippen molar-refractivity contribution < 1.29 is 8.42 Å². The van der Waals surface area contributed by atoms with Gasteiger partial charge in [-0.1, -0.05) is 29.8 Å². The van der Waals surface area contributed by atoms with Crippen LogP contribution in [0, 0.1) is 6.07 Å². The highest BCUT2D eigenvalue weighted by Crippen LogP contribution is 2.25. The van der Waals surface area contributed by atoms with Crippen molar-refractivity contribution in [1.29, 1.82) is 0 Å². The molecule has 0 spiro atoms. The molecule has 1 aromatic carbocycles. The van der Waals surface area contributed by atoms with Gasteiger partial charge >= 0.3 is 0 Å². The lowest BCUT2D eigenvalue weighted by atomic mass is 10.3. The van der Waals surface area contributed by atoms with E-state index in [0.29, 0.717) is 10.4 Å². The second-order valence-electron chi connectivity index (χ2n) is 3.88. The first-order chi connectivity index (χ1) is 9.10. The summed E-state index contributed by atoms with van der Waals surface area (Å²) in [6.45, 7) is 0. The summed E-state index contributed by atoms with van der Waals surface area (Å²) in [7, 11) is -3.67. The van der Waals surface area contributed by atoms with Crippen molar-refractivity contribution in [2.75, 3.05) is 0 Å². The fraction of sp³-hybridized carbons (Fsp3) is 0. The zero-order chi connectivity index (χ0) is 13.5. The van der Waals surface area contributed by atoms with Crippen molar-refractivity contribution >= 4 is 32.7 Å². The molecule has 3 aromatic rings. The smallest absolute Gasteiger partial charge is 0.237 e. The molecule has 0 fully saturated rings. The molecule has 6 heteroatoms. The fourth-order valence-corrected chi connectivity index (χ4v) is 3.28. The summed E-state index contributed by atoms with van der Waals surface area (Å²) in [5.74, 6) is 0. The zero-order valence-electron chi connectivity index (χ0n) is 9.62. The summed E-state index contributed by atoms with van der Waals surface area (Å²) >= 11 is 5.99. The van der Waals surface area contributed by atoms with Crippen LogP contribution in [0.3, 0.4) is 0 Å². The van der Waals surface area contributed by atoms with Crippen LogP contribution in [0.2, 0.25) is 5.02 Å². The predicted octanol–water partition coefficient (Wildman–Crippen LogP) is 2.73. The van der Waals surface area contributed by atoms with Crippen LogP contribution in [0.4, 0.5) is 0 Å². The number of rotatable bonds is 2. The van der Waals surface area contributed by atoms with Crippen LogP contribution >= 0.6 is 11.6 Å². The number of hydrogen-bond acceptors (Lipinski definition) is 3. The minimum absolute atomic E-state index is 0.197. The summed E-state index contributed by atoms with van der Waals surface area (Å²) in [5.41, 5.74) is 0.274.